The zero-order chi connectivity index (χ0) is 13.6. The number of aromatic amines is 1. The average Bonchev–Trinajstić information content (AvgIpc) is 2.83. The smallest absolute Gasteiger partial charge is 0.140 e. The highest BCUT2D eigenvalue weighted by molar-refractivity contribution is 6.39. The Bertz CT molecular complexity index is 741. The summed E-state index contributed by atoms with van der Waals surface area (Å²) in [6.45, 7) is 0. The Morgan fingerprint density at radius 2 is 1.53 bits per heavy atom. The van der Waals surface area contributed by atoms with Gasteiger partial charge in [-0.25, -0.2) is 4.98 Å². The van der Waals surface area contributed by atoms with Crippen LogP contribution in [0.3, 0.4) is 0 Å². The number of nitrogens with one attached hydrogen (secondary N) is 1. The normalized spacial score (nSPS) is 11.2. The van der Waals surface area contributed by atoms with Crippen molar-refractivity contribution in [2.24, 2.45) is 0 Å². The topological polar surface area (TPSA) is 28.7 Å². The van der Waals surface area contributed by atoms with Gasteiger partial charge in [0.25, 0.3) is 0 Å². The van der Waals surface area contributed by atoms with Gasteiger partial charge in [0.2, 0.25) is 0 Å². The molecule has 0 saturated carbocycles. The summed E-state index contributed by atoms with van der Waals surface area (Å²) < 4.78 is 0. The maximum atomic E-state index is 6.15. The summed E-state index contributed by atoms with van der Waals surface area (Å²) in [5, 5.41) is 2.21. The maximum Gasteiger partial charge on any atom is 0.140 e. The molecule has 0 bridgehead atoms. The van der Waals surface area contributed by atoms with Crippen LogP contribution >= 0.6 is 46.4 Å². The van der Waals surface area contributed by atoms with Gasteiger partial charge < -0.3 is 4.98 Å². The fourth-order valence-corrected chi connectivity index (χ4v) is 2.61. The van der Waals surface area contributed by atoms with Gasteiger partial charge in [0.1, 0.15) is 11.3 Å². The van der Waals surface area contributed by atoms with Gasteiger partial charge in [0.15, 0.2) is 0 Å². The molecule has 19 heavy (non-hydrogen) atoms. The molecule has 3 aromatic rings. The van der Waals surface area contributed by atoms with Crippen molar-refractivity contribution < 1.29 is 0 Å². The quantitative estimate of drug-likeness (QED) is 0.595. The summed E-state index contributed by atoms with van der Waals surface area (Å²) in [5.74, 6) is 0.581. The van der Waals surface area contributed by atoms with Gasteiger partial charge in [0, 0.05) is 10.6 Å². The van der Waals surface area contributed by atoms with E-state index in [4.69, 9.17) is 46.4 Å². The molecule has 96 valence electrons. The number of fused-ring (bicyclic) bond motifs is 1. The van der Waals surface area contributed by atoms with Crippen molar-refractivity contribution in [2.45, 2.75) is 0 Å². The van der Waals surface area contributed by atoms with E-state index >= 15 is 0 Å². The molecule has 0 spiro atoms. The molecule has 0 fully saturated rings. The Morgan fingerprint density at radius 3 is 2.26 bits per heavy atom. The molecule has 2 nitrogen and oxygen atoms in total. The zero-order valence-corrected chi connectivity index (χ0v) is 12.4. The number of aromatic nitrogens is 2. The Labute approximate surface area is 129 Å². The molecule has 1 heterocycles. The molecular weight excluding hydrogens is 326 g/mol. The van der Waals surface area contributed by atoms with Crippen LogP contribution in [0, 0.1) is 0 Å². The lowest BCUT2D eigenvalue weighted by Gasteiger charge is -2.00. The van der Waals surface area contributed by atoms with Crippen LogP contribution in [0.2, 0.25) is 20.1 Å². The highest BCUT2D eigenvalue weighted by Gasteiger charge is 2.13. The van der Waals surface area contributed by atoms with E-state index in [1.54, 1.807) is 30.3 Å². The van der Waals surface area contributed by atoms with Gasteiger partial charge in [-0.2, -0.15) is 0 Å². The van der Waals surface area contributed by atoms with Crippen molar-refractivity contribution in [3.8, 4) is 11.4 Å². The lowest BCUT2D eigenvalue weighted by molar-refractivity contribution is 1.34. The second-order valence-electron chi connectivity index (χ2n) is 3.96. The third-order valence-corrected chi connectivity index (χ3v) is 3.91. The van der Waals surface area contributed by atoms with Crippen LogP contribution in [0.5, 0.6) is 0 Å². The van der Waals surface area contributed by atoms with Gasteiger partial charge in [0.05, 0.1) is 20.6 Å². The number of hydrogen-bond acceptors (Lipinski definition) is 1. The van der Waals surface area contributed by atoms with Crippen molar-refractivity contribution >= 4 is 57.4 Å². The predicted octanol–water partition coefficient (Wildman–Crippen LogP) is 5.84. The molecule has 0 aliphatic rings. The average molecular weight is 332 g/mol. The zero-order valence-electron chi connectivity index (χ0n) is 9.35. The second-order valence-corrected chi connectivity index (χ2v) is 5.62. The van der Waals surface area contributed by atoms with Crippen LogP contribution in [-0.4, -0.2) is 9.97 Å². The summed E-state index contributed by atoms with van der Waals surface area (Å²) in [5.41, 5.74) is 2.00. The van der Waals surface area contributed by atoms with Crippen LogP contribution in [0.4, 0.5) is 0 Å². The summed E-state index contributed by atoms with van der Waals surface area (Å²) in [7, 11) is 0. The lowest BCUT2D eigenvalue weighted by atomic mass is 10.2. The first-order valence-corrected chi connectivity index (χ1v) is 6.86. The molecule has 1 N–H and O–H groups in total. The van der Waals surface area contributed by atoms with E-state index in [1.807, 2.05) is 0 Å². The van der Waals surface area contributed by atoms with Crippen LogP contribution < -0.4 is 0 Å². The molecule has 0 atom stereocenters. The Hall–Kier alpha value is -0.930. The van der Waals surface area contributed by atoms with Gasteiger partial charge in [-0.3, -0.25) is 0 Å². The van der Waals surface area contributed by atoms with Crippen LogP contribution in [0.25, 0.3) is 22.4 Å². The fraction of sp³-hybridized carbons (Fsp3) is 0. The van der Waals surface area contributed by atoms with Crippen LogP contribution in [-0.2, 0) is 0 Å². The standard InChI is InChI=1S/C13H6Cl4N2/c14-6-1-2-8(15)7(5-6)13-18-11-9(16)3-4-10(17)12(11)19-13/h1-5H,(H,18,19). The first kappa shape index (κ1) is 13.1. The summed E-state index contributed by atoms with van der Waals surface area (Å²) in [6, 6.07) is 8.60. The highest BCUT2D eigenvalue weighted by atomic mass is 35.5. The first-order chi connectivity index (χ1) is 9.06. The molecule has 0 saturated heterocycles. The van der Waals surface area contributed by atoms with E-state index in [1.165, 1.54) is 0 Å². The number of benzene rings is 2. The lowest BCUT2D eigenvalue weighted by Crippen LogP contribution is -1.82. The number of H-pyrrole nitrogens is 1. The van der Waals surface area contributed by atoms with Crippen molar-refractivity contribution in [2.75, 3.05) is 0 Å². The molecule has 3 rings (SSSR count). The Kier molecular flexibility index (Phi) is 3.35. The first-order valence-electron chi connectivity index (χ1n) is 5.35. The highest BCUT2D eigenvalue weighted by Crippen LogP contribution is 2.34. The van der Waals surface area contributed by atoms with Gasteiger partial charge in [-0.05, 0) is 30.3 Å². The number of halogens is 4. The summed E-state index contributed by atoms with van der Waals surface area (Å²) in [6.07, 6.45) is 0. The van der Waals surface area contributed by atoms with E-state index in [0.717, 1.165) is 0 Å². The van der Waals surface area contributed by atoms with Crippen molar-refractivity contribution in [3.05, 3.63) is 50.4 Å². The van der Waals surface area contributed by atoms with E-state index in [2.05, 4.69) is 9.97 Å². The van der Waals surface area contributed by atoms with Crippen molar-refractivity contribution in [1.82, 2.24) is 9.97 Å². The predicted molar refractivity (Wildman–Crippen MR) is 81.6 cm³/mol. The Morgan fingerprint density at radius 1 is 0.842 bits per heavy atom. The minimum Gasteiger partial charge on any atom is -0.337 e. The minimum absolute atomic E-state index is 0.528. The molecule has 2 aromatic carbocycles. The van der Waals surface area contributed by atoms with E-state index in [9.17, 15) is 0 Å². The van der Waals surface area contributed by atoms with Gasteiger partial charge >= 0.3 is 0 Å². The number of hydrogen-bond donors (Lipinski definition) is 1. The molecule has 6 heteroatoms. The molecule has 0 aliphatic heterocycles. The largest absolute Gasteiger partial charge is 0.337 e. The second kappa shape index (κ2) is 4.88. The molecule has 1 aromatic heterocycles. The maximum absolute atomic E-state index is 6.15. The van der Waals surface area contributed by atoms with E-state index < -0.39 is 0 Å². The number of nitrogens with zero attached hydrogens (tertiary/aromatic N) is 1. The molecule has 0 amide bonds. The molecule has 0 unspecified atom stereocenters. The number of imidazole rings is 1. The van der Waals surface area contributed by atoms with Crippen LogP contribution in [0.1, 0.15) is 0 Å². The van der Waals surface area contributed by atoms with E-state index in [-0.39, 0.29) is 0 Å². The third kappa shape index (κ3) is 2.30. The summed E-state index contributed by atoms with van der Waals surface area (Å²) in [4.78, 5) is 7.55. The number of rotatable bonds is 1. The summed E-state index contributed by atoms with van der Waals surface area (Å²) >= 11 is 24.3. The van der Waals surface area contributed by atoms with Gasteiger partial charge in [-0.15, -0.1) is 0 Å². The Balaban J connectivity index is 2.29. The molecule has 0 aliphatic carbocycles. The van der Waals surface area contributed by atoms with Crippen molar-refractivity contribution in [3.63, 3.8) is 0 Å². The SMILES string of the molecule is Clc1ccc(Cl)c(-c2nc3c(Cl)ccc(Cl)c3[nH]2)c1. The van der Waals surface area contributed by atoms with E-state index in [0.29, 0.717) is 42.5 Å². The molecular formula is C13H6Cl4N2. The minimum atomic E-state index is 0.528. The monoisotopic (exact) mass is 330 g/mol. The fourth-order valence-electron chi connectivity index (χ4n) is 1.83. The molecule has 0 radical (unpaired) electrons. The van der Waals surface area contributed by atoms with Crippen molar-refractivity contribution in [1.29, 1.82) is 0 Å². The van der Waals surface area contributed by atoms with Gasteiger partial charge in [-0.1, -0.05) is 46.4 Å². The third-order valence-electron chi connectivity index (χ3n) is 2.73. The van der Waals surface area contributed by atoms with Crippen LogP contribution in [0.15, 0.2) is 30.3 Å².